The van der Waals surface area contributed by atoms with Gasteiger partial charge in [-0.2, -0.15) is 4.31 Å². The Bertz CT molecular complexity index is 658. The van der Waals surface area contributed by atoms with E-state index < -0.39 is 16.1 Å². The predicted octanol–water partition coefficient (Wildman–Crippen LogP) is 0.742. The van der Waals surface area contributed by atoms with Crippen molar-refractivity contribution in [3.8, 4) is 0 Å². The summed E-state index contributed by atoms with van der Waals surface area (Å²) >= 11 is 0. The van der Waals surface area contributed by atoms with Crippen molar-refractivity contribution >= 4 is 28.3 Å². The van der Waals surface area contributed by atoms with E-state index in [1.165, 1.54) is 4.31 Å². The molecule has 0 aliphatic carbocycles. The number of ether oxygens (including phenoxy) is 1. The number of hydrogen-bond acceptors (Lipinski definition) is 5. The first-order chi connectivity index (χ1) is 11.3. The molecule has 25 heavy (non-hydrogen) atoms. The first-order valence-corrected chi connectivity index (χ1v) is 9.43. The highest BCUT2D eigenvalue weighted by molar-refractivity contribution is 7.89. The molecule has 1 aliphatic heterocycles. The van der Waals surface area contributed by atoms with E-state index in [1.807, 2.05) is 13.8 Å². The molecule has 0 bridgehead atoms. The number of amides is 1. The average Bonchev–Trinajstić information content (AvgIpc) is 2.60. The Labute approximate surface area is 155 Å². The van der Waals surface area contributed by atoms with Gasteiger partial charge in [-0.3, -0.25) is 4.79 Å². The van der Waals surface area contributed by atoms with Crippen LogP contribution < -0.4 is 10.6 Å². The summed E-state index contributed by atoms with van der Waals surface area (Å²) in [7, 11) is -1.92. The molecule has 0 spiro atoms. The Kier molecular flexibility index (Phi) is 8.30. The number of carbonyl (C=O) groups is 1. The van der Waals surface area contributed by atoms with E-state index in [-0.39, 0.29) is 29.3 Å². The molecule has 9 heteroatoms. The van der Waals surface area contributed by atoms with Crippen molar-refractivity contribution in [3.63, 3.8) is 0 Å². The second kappa shape index (κ2) is 9.49. The molecule has 7 nitrogen and oxygen atoms in total. The van der Waals surface area contributed by atoms with Crippen LogP contribution in [0.2, 0.25) is 0 Å². The van der Waals surface area contributed by atoms with Gasteiger partial charge < -0.3 is 15.4 Å². The van der Waals surface area contributed by atoms with Crippen LogP contribution in [0.15, 0.2) is 29.2 Å². The molecule has 1 aromatic carbocycles. The molecule has 1 unspecified atom stereocenters. The first kappa shape index (κ1) is 21.9. The molecule has 1 aliphatic rings. The number of hydrogen-bond donors (Lipinski definition) is 2. The van der Waals surface area contributed by atoms with Gasteiger partial charge in [-0.1, -0.05) is 12.1 Å². The fraction of sp³-hybridized carbons (Fsp3) is 0.562. The molecule has 0 aromatic heterocycles. The molecule has 1 fully saturated rings. The number of nitrogens with zero attached hydrogens (tertiary/aromatic N) is 1. The largest absolute Gasteiger partial charge is 0.366 e. The van der Waals surface area contributed by atoms with Gasteiger partial charge in [0.1, 0.15) is 6.10 Å². The number of benzene rings is 1. The Hall–Kier alpha value is -1.19. The normalized spacial score (nSPS) is 18.0. The van der Waals surface area contributed by atoms with E-state index >= 15 is 0 Å². The van der Waals surface area contributed by atoms with E-state index in [1.54, 1.807) is 31.3 Å². The van der Waals surface area contributed by atoms with Crippen molar-refractivity contribution in [3.05, 3.63) is 29.8 Å². The molecule has 1 aromatic rings. The molecule has 0 saturated carbocycles. The van der Waals surface area contributed by atoms with Crippen molar-refractivity contribution < 1.29 is 17.9 Å². The van der Waals surface area contributed by atoms with Crippen LogP contribution in [0.5, 0.6) is 0 Å². The quantitative estimate of drug-likeness (QED) is 0.746. The Morgan fingerprint density at radius 3 is 2.52 bits per heavy atom. The monoisotopic (exact) mass is 391 g/mol. The first-order valence-electron chi connectivity index (χ1n) is 7.99. The van der Waals surface area contributed by atoms with Crippen LogP contribution in [0.4, 0.5) is 0 Å². The van der Waals surface area contributed by atoms with E-state index in [4.69, 9.17) is 4.74 Å². The smallest absolute Gasteiger partial charge is 0.250 e. The molecule has 2 N–H and O–H groups in total. The Balaban J connectivity index is 0.00000312. The second-order valence-corrected chi connectivity index (χ2v) is 8.04. The number of nitrogens with one attached hydrogen (secondary N) is 2. The van der Waals surface area contributed by atoms with Crippen LogP contribution >= 0.6 is 12.4 Å². The van der Waals surface area contributed by atoms with Gasteiger partial charge in [-0.25, -0.2) is 8.42 Å². The van der Waals surface area contributed by atoms with E-state index in [0.717, 1.165) is 12.1 Å². The molecule has 1 heterocycles. The van der Waals surface area contributed by atoms with Gasteiger partial charge in [0, 0.05) is 32.7 Å². The minimum atomic E-state index is -3.49. The van der Waals surface area contributed by atoms with Gasteiger partial charge in [0.05, 0.1) is 11.5 Å². The van der Waals surface area contributed by atoms with Crippen LogP contribution in [0.25, 0.3) is 0 Å². The zero-order valence-electron chi connectivity index (χ0n) is 14.7. The zero-order chi connectivity index (χ0) is 17.7. The molecule has 2 rings (SSSR count). The number of halogens is 1. The second-order valence-electron chi connectivity index (χ2n) is 6.04. The molecule has 142 valence electrons. The predicted molar refractivity (Wildman–Crippen MR) is 98.2 cm³/mol. The lowest BCUT2D eigenvalue weighted by Crippen LogP contribution is -2.47. The summed E-state index contributed by atoms with van der Waals surface area (Å²) in [6.45, 7) is 5.76. The minimum Gasteiger partial charge on any atom is -0.366 e. The van der Waals surface area contributed by atoms with Gasteiger partial charge >= 0.3 is 0 Å². The van der Waals surface area contributed by atoms with Gasteiger partial charge in [0.15, 0.2) is 0 Å². The lowest BCUT2D eigenvalue weighted by atomic mass is 10.2. The standard InChI is InChI=1S/C16H25N3O4S.ClH/c1-12(2)19(3)24(21,22)14-6-4-13(5-7-14)10-18-16(20)15-11-17-8-9-23-15;/h4-7,12,15,17H,8-11H2,1-3H3,(H,18,20);1H. The van der Waals surface area contributed by atoms with E-state index in [9.17, 15) is 13.2 Å². The van der Waals surface area contributed by atoms with E-state index in [0.29, 0.717) is 19.7 Å². The number of sulfonamides is 1. The SMILES string of the molecule is CC(C)N(C)S(=O)(=O)c1ccc(CNC(=O)C2CNCCO2)cc1.Cl. The van der Waals surface area contributed by atoms with Crippen molar-refractivity contribution in [2.75, 3.05) is 26.7 Å². The fourth-order valence-electron chi connectivity index (χ4n) is 2.26. The fourth-order valence-corrected chi connectivity index (χ4v) is 3.63. The lowest BCUT2D eigenvalue weighted by Gasteiger charge is -2.23. The maximum atomic E-state index is 12.4. The molecule has 1 amide bonds. The average molecular weight is 392 g/mol. The topological polar surface area (TPSA) is 87.7 Å². The van der Waals surface area contributed by atoms with Crippen molar-refractivity contribution in [1.29, 1.82) is 0 Å². The molecular weight excluding hydrogens is 366 g/mol. The maximum Gasteiger partial charge on any atom is 0.250 e. The van der Waals surface area contributed by atoms with Crippen molar-refractivity contribution in [1.82, 2.24) is 14.9 Å². The van der Waals surface area contributed by atoms with Crippen LogP contribution in [0, 0.1) is 0 Å². The summed E-state index contributed by atoms with van der Waals surface area (Å²) in [5.74, 6) is -0.168. The third-order valence-corrected chi connectivity index (χ3v) is 6.06. The van der Waals surface area contributed by atoms with Crippen LogP contribution in [-0.2, 0) is 26.1 Å². The summed E-state index contributed by atoms with van der Waals surface area (Å²) in [4.78, 5) is 12.2. The summed E-state index contributed by atoms with van der Waals surface area (Å²) in [6, 6.07) is 6.43. The highest BCUT2D eigenvalue weighted by atomic mass is 35.5. The molecular formula is C16H26ClN3O4S. The maximum absolute atomic E-state index is 12.4. The van der Waals surface area contributed by atoms with Crippen molar-refractivity contribution in [2.45, 2.75) is 37.4 Å². The van der Waals surface area contributed by atoms with Crippen LogP contribution in [0.1, 0.15) is 19.4 Å². The van der Waals surface area contributed by atoms with Gasteiger partial charge in [-0.15, -0.1) is 12.4 Å². The summed E-state index contributed by atoms with van der Waals surface area (Å²) in [6.07, 6.45) is -0.474. The number of morpholine rings is 1. The molecule has 0 radical (unpaired) electrons. The van der Waals surface area contributed by atoms with E-state index in [2.05, 4.69) is 10.6 Å². The van der Waals surface area contributed by atoms with Crippen LogP contribution in [0.3, 0.4) is 0 Å². The number of carbonyl (C=O) groups excluding carboxylic acids is 1. The Morgan fingerprint density at radius 2 is 2.00 bits per heavy atom. The Morgan fingerprint density at radius 1 is 1.36 bits per heavy atom. The highest BCUT2D eigenvalue weighted by Crippen LogP contribution is 2.17. The minimum absolute atomic E-state index is 0. The zero-order valence-corrected chi connectivity index (χ0v) is 16.3. The van der Waals surface area contributed by atoms with Gasteiger partial charge in [-0.05, 0) is 31.5 Å². The summed E-state index contributed by atoms with van der Waals surface area (Å²) in [5.41, 5.74) is 0.832. The molecule has 1 saturated heterocycles. The summed E-state index contributed by atoms with van der Waals surface area (Å²) in [5, 5.41) is 5.90. The van der Waals surface area contributed by atoms with Gasteiger partial charge in [0.25, 0.3) is 5.91 Å². The lowest BCUT2D eigenvalue weighted by molar-refractivity contribution is -0.134. The third kappa shape index (κ3) is 5.65. The van der Waals surface area contributed by atoms with Crippen molar-refractivity contribution in [2.24, 2.45) is 0 Å². The number of rotatable bonds is 6. The van der Waals surface area contributed by atoms with Gasteiger partial charge in [0.2, 0.25) is 10.0 Å². The highest BCUT2D eigenvalue weighted by Gasteiger charge is 2.23. The molecule has 1 atom stereocenters. The summed E-state index contributed by atoms with van der Waals surface area (Å²) < 4.78 is 31.5. The van der Waals surface area contributed by atoms with Crippen LogP contribution in [-0.4, -0.2) is 57.5 Å². The third-order valence-electron chi connectivity index (χ3n) is 4.01.